The lowest BCUT2D eigenvalue weighted by atomic mass is 9.99. The van der Waals surface area contributed by atoms with E-state index in [4.69, 9.17) is 5.26 Å². The van der Waals surface area contributed by atoms with Gasteiger partial charge >= 0.3 is 6.43 Å². The Bertz CT molecular complexity index is 774. The average Bonchev–Trinajstić information content (AvgIpc) is 2.66. The van der Waals surface area contributed by atoms with Crippen molar-refractivity contribution in [3.8, 4) is 17.2 Å². The molecule has 0 saturated heterocycles. The number of alkyl halides is 3. The predicted molar refractivity (Wildman–Crippen MR) is 87.9 cm³/mol. The first kappa shape index (κ1) is 19.4. The minimum Gasteiger partial charge on any atom is -0.386 e. The van der Waals surface area contributed by atoms with Gasteiger partial charge in [-0.25, -0.2) is 4.39 Å². The van der Waals surface area contributed by atoms with Crippen molar-refractivity contribution in [3.05, 3.63) is 53.9 Å². The van der Waals surface area contributed by atoms with Crippen LogP contribution in [0, 0.1) is 11.3 Å². The van der Waals surface area contributed by atoms with Crippen LogP contribution in [0.1, 0.15) is 17.4 Å². The molecule has 0 spiro atoms. The number of halogens is 3. The monoisotopic (exact) mass is 363 g/mol. The van der Waals surface area contributed by atoms with Crippen molar-refractivity contribution in [3.63, 3.8) is 0 Å². The molecule has 2 atom stereocenters. The summed E-state index contributed by atoms with van der Waals surface area (Å²) >= 11 is 0. The number of hydrogen-bond donors (Lipinski definition) is 2. The molecule has 1 aromatic carbocycles. The number of carbonyl (C=O) groups excluding carboxylic acids is 1. The van der Waals surface area contributed by atoms with Crippen molar-refractivity contribution in [2.45, 2.75) is 25.0 Å². The van der Waals surface area contributed by atoms with E-state index < -0.39 is 31.2 Å². The minimum absolute atomic E-state index is 0.209. The molecule has 26 heavy (non-hydrogen) atoms. The lowest BCUT2D eigenvalue weighted by molar-refractivity contribution is -0.133. The third kappa shape index (κ3) is 4.80. The maximum atomic E-state index is 13.0. The fraction of sp³-hybridized carbons (Fsp3) is 0.278. The maximum Gasteiger partial charge on any atom is 0.315 e. The largest absolute Gasteiger partial charge is 0.386 e. The summed E-state index contributed by atoms with van der Waals surface area (Å²) in [7, 11) is 0. The first-order valence-corrected chi connectivity index (χ1v) is 7.71. The zero-order valence-electron chi connectivity index (χ0n) is 13.6. The number of benzene rings is 1. The number of nitrogens with one attached hydrogen (secondary N) is 1. The first-order valence-electron chi connectivity index (χ1n) is 7.71. The molecule has 2 aromatic rings. The lowest BCUT2D eigenvalue weighted by Crippen LogP contribution is -2.43. The van der Waals surface area contributed by atoms with Crippen molar-refractivity contribution in [2.75, 3.05) is 6.67 Å². The highest BCUT2D eigenvalue weighted by Gasteiger charge is 2.26. The normalized spacial score (nSPS) is 13.1. The molecule has 1 heterocycles. The molecular formula is C18H16F3N3O2. The topological polar surface area (TPSA) is 86.0 Å². The minimum atomic E-state index is -3.28. The Balaban J connectivity index is 2.12. The van der Waals surface area contributed by atoms with Crippen LogP contribution in [0.15, 0.2) is 42.6 Å². The van der Waals surface area contributed by atoms with Crippen LogP contribution in [-0.2, 0) is 11.2 Å². The summed E-state index contributed by atoms with van der Waals surface area (Å²) in [4.78, 5) is 15.1. The quantitative estimate of drug-likeness (QED) is 0.792. The summed E-state index contributed by atoms with van der Waals surface area (Å²) in [6.07, 6.45) is -2.94. The van der Waals surface area contributed by atoms with E-state index in [0.29, 0.717) is 5.69 Å². The van der Waals surface area contributed by atoms with Gasteiger partial charge in [-0.05, 0) is 17.2 Å². The number of nitrogens with zero attached hydrogens (tertiary/aromatic N) is 2. The number of aromatic nitrogens is 1. The number of aliphatic hydroxyl groups is 1. The molecular weight excluding hydrogens is 347 g/mol. The van der Waals surface area contributed by atoms with E-state index in [1.165, 1.54) is 12.1 Å². The van der Waals surface area contributed by atoms with Crippen molar-refractivity contribution < 1.29 is 23.1 Å². The maximum absolute atomic E-state index is 13.0. The van der Waals surface area contributed by atoms with E-state index in [1.807, 2.05) is 6.07 Å². The van der Waals surface area contributed by atoms with Crippen LogP contribution in [0.5, 0.6) is 0 Å². The Labute approximate surface area is 148 Å². The highest BCUT2D eigenvalue weighted by molar-refractivity contribution is 5.79. The standard InChI is InChI=1S/C18H16F3N3O2/c19-9-15(24-18(26)17(20)21)16(25)12-3-1-11(2-4-12)13-5-6-14(7-8-22)23-10-13/h1-6,10,15-17,25H,7,9H2,(H,24,26). The van der Waals surface area contributed by atoms with Crippen LogP contribution >= 0.6 is 0 Å². The summed E-state index contributed by atoms with van der Waals surface area (Å²) in [6, 6.07) is 10.4. The van der Waals surface area contributed by atoms with Crippen molar-refractivity contribution in [1.82, 2.24) is 10.3 Å². The van der Waals surface area contributed by atoms with Crippen LogP contribution in [0.3, 0.4) is 0 Å². The molecule has 5 nitrogen and oxygen atoms in total. The van der Waals surface area contributed by atoms with E-state index >= 15 is 0 Å². The second-order valence-electron chi connectivity index (χ2n) is 5.51. The summed E-state index contributed by atoms with van der Waals surface area (Å²) < 4.78 is 37.5. The number of pyridine rings is 1. The highest BCUT2D eigenvalue weighted by atomic mass is 19.3. The molecule has 2 unspecified atom stereocenters. The van der Waals surface area contributed by atoms with Crippen LogP contribution in [-0.4, -0.2) is 35.1 Å². The fourth-order valence-electron chi connectivity index (χ4n) is 2.33. The number of rotatable bonds is 7. The molecule has 0 radical (unpaired) electrons. The Kier molecular flexibility index (Phi) is 6.69. The van der Waals surface area contributed by atoms with Crippen LogP contribution in [0.25, 0.3) is 11.1 Å². The molecule has 0 bridgehead atoms. The van der Waals surface area contributed by atoms with Gasteiger partial charge in [-0.3, -0.25) is 9.78 Å². The molecule has 0 saturated carbocycles. The third-order valence-electron chi connectivity index (χ3n) is 3.74. The number of amides is 1. The Morgan fingerprint density at radius 1 is 1.19 bits per heavy atom. The lowest BCUT2D eigenvalue weighted by Gasteiger charge is -2.22. The van der Waals surface area contributed by atoms with Gasteiger partial charge in [0.15, 0.2) is 0 Å². The van der Waals surface area contributed by atoms with Crippen LogP contribution < -0.4 is 5.32 Å². The molecule has 1 aromatic heterocycles. The Morgan fingerprint density at radius 2 is 1.85 bits per heavy atom. The number of aliphatic hydroxyl groups excluding tert-OH is 1. The Morgan fingerprint density at radius 3 is 2.35 bits per heavy atom. The molecule has 8 heteroatoms. The summed E-state index contributed by atoms with van der Waals surface area (Å²) in [6.45, 7) is -1.19. The predicted octanol–water partition coefficient (Wildman–Crippen LogP) is 2.57. The van der Waals surface area contributed by atoms with Gasteiger partial charge in [0.2, 0.25) is 0 Å². The van der Waals surface area contributed by atoms with Crippen LogP contribution in [0.4, 0.5) is 13.2 Å². The molecule has 2 N–H and O–H groups in total. The smallest absolute Gasteiger partial charge is 0.315 e. The number of carbonyl (C=O) groups is 1. The summed E-state index contributed by atoms with van der Waals surface area (Å²) in [5, 5.41) is 20.5. The van der Waals surface area contributed by atoms with Crippen molar-refractivity contribution in [2.24, 2.45) is 0 Å². The molecule has 2 rings (SSSR count). The van der Waals surface area contributed by atoms with Gasteiger partial charge in [0.05, 0.1) is 24.2 Å². The zero-order chi connectivity index (χ0) is 19.1. The number of nitriles is 1. The second kappa shape index (κ2) is 8.97. The third-order valence-corrected chi connectivity index (χ3v) is 3.74. The SMILES string of the molecule is N#CCc1ccc(-c2ccc(C(O)C(CF)NC(=O)C(F)F)cc2)cn1. The summed E-state index contributed by atoms with van der Waals surface area (Å²) in [5.74, 6) is -1.63. The molecule has 0 aliphatic rings. The Hall–Kier alpha value is -2.92. The van der Waals surface area contributed by atoms with E-state index in [-0.39, 0.29) is 12.0 Å². The average molecular weight is 363 g/mol. The van der Waals surface area contributed by atoms with Gasteiger partial charge in [0.1, 0.15) is 12.8 Å². The second-order valence-corrected chi connectivity index (χ2v) is 5.51. The first-order chi connectivity index (χ1) is 12.5. The molecule has 0 fully saturated rings. The summed E-state index contributed by atoms with van der Waals surface area (Å²) in [5.41, 5.74) is 2.47. The molecule has 136 valence electrons. The fourth-order valence-corrected chi connectivity index (χ4v) is 2.33. The van der Waals surface area contributed by atoms with E-state index in [1.54, 1.807) is 35.8 Å². The van der Waals surface area contributed by atoms with E-state index in [2.05, 4.69) is 4.98 Å². The van der Waals surface area contributed by atoms with Gasteiger partial charge in [0.25, 0.3) is 5.91 Å². The highest BCUT2D eigenvalue weighted by Crippen LogP contribution is 2.23. The van der Waals surface area contributed by atoms with Gasteiger partial charge < -0.3 is 10.4 Å². The van der Waals surface area contributed by atoms with Crippen LogP contribution in [0.2, 0.25) is 0 Å². The molecule has 0 aliphatic heterocycles. The van der Waals surface area contributed by atoms with E-state index in [0.717, 1.165) is 11.1 Å². The molecule has 1 amide bonds. The van der Waals surface area contributed by atoms with E-state index in [9.17, 15) is 23.1 Å². The van der Waals surface area contributed by atoms with Gasteiger partial charge in [-0.2, -0.15) is 14.0 Å². The van der Waals surface area contributed by atoms with Gasteiger partial charge in [-0.1, -0.05) is 30.3 Å². The zero-order valence-corrected chi connectivity index (χ0v) is 13.6. The van der Waals surface area contributed by atoms with Gasteiger partial charge in [-0.15, -0.1) is 0 Å². The number of hydrogen-bond acceptors (Lipinski definition) is 4. The van der Waals surface area contributed by atoms with Crippen molar-refractivity contribution in [1.29, 1.82) is 5.26 Å². The molecule has 0 aliphatic carbocycles. The van der Waals surface area contributed by atoms with Gasteiger partial charge in [0, 0.05) is 11.8 Å². The van der Waals surface area contributed by atoms with Crippen molar-refractivity contribution >= 4 is 5.91 Å².